The lowest BCUT2D eigenvalue weighted by molar-refractivity contribution is 1.15. The van der Waals surface area contributed by atoms with E-state index in [-0.39, 0.29) is 0 Å². The van der Waals surface area contributed by atoms with Gasteiger partial charge in [-0.1, -0.05) is 96.8 Å². The second kappa shape index (κ2) is 18.2. The Morgan fingerprint density at radius 1 is 0.191 bits per heavy atom. The Morgan fingerprint density at radius 2 is 0.394 bits per heavy atom. The van der Waals surface area contributed by atoms with Crippen molar-refractivity contribution >= 4 is 170 Å². The molecule has 6 aromatic heterocycles. The van der Waals surface area contributed by atoms with Crippen molar-refractivity contribution in [2.75, 3.05) is 0 Å². The predicted octanol–water partition coefficient (Wildman–Crippen LogP) is 24.0. The molecule has 0 unspecified atom stereocenters. The lowest BCUT2D eigenvalue weighted by Crippen LogP contribution is -2.07. The average molecular weight is 1220 g/mol. The van der Waals surface area contributed by atoms with Gasteiger partial charge in [0.2, 0.25) is 0 Å². The minimum atomic E-state index is -1.32. The number of hydrogen-bond donors (Lipinski definition) is 0. The summed E-state index contributed by atoms with van der Waals surface area (Å²) in [6.45, 7) is 20.4. The number of nitrogens with zero attached hydrogens (tertiary/aromatic N) is 6. The summed E-state index contributed by atoms with van der Waals surface area (Å²) in [5, 5.41) is 19.0. The van der Waals surface area contributed by atoms with Gasteiger partial charge in [-0.05, 0) is 274 Å². The molecule has 7 heteroatoms. The van der Waals surface area contributed by atoms with E-state index in [9.17, 15) is 0 Å². The first-order chi connectivity index (χ1) is 45.8. The van der Waals surface area contributed by atoms with E-state index in [1.165, 1.54) is 180 Å². The lowest BCUT2D eigenvalue weighted by Gasteiger charge is -2.27. The van der Waals surface area contributed by atoms with Gasteiger partial charge in [0, 0.05) is 64.7 Å². The van der Waals surface area contributed by atoms with Crippen LogP contribution in [0.2, 0.25) is 0 Å². The van der Waals surface area contributed by atoms with Crippen LogP contribution in [0.25, 0.3) is 180 Å². The molecule has 0 spiro atoms. The number of benzene rings is 15. The number of rotatable bonds is 3. The Bertz CT molecular complexity index is 6410. The van der Waals surface area contributed by atoms with E-state index in [0.717, 1.165) is 50.2 Å². The van der Waals surface area contributed by atoms with Crippen LogP contribution in [0, 0.1) is 62.3 Å². The number of hydrogen-bond acceptors (Lipinski definition) is 0. The van der Waals surface area contributed by atoms with Crippen molar-refractivity contribution in [2.24, 2.45) is 0 Å². The van der Waals surface area contributed by atoms with Crippen LogP contribution < -0.4 is 0 Å². The quantitative estimate of drug-likeness (QED) is 0.125. The Kier molecular flexibility index (Phi) is 10.2. The van der Waals surface area contributed by atoms with Gasteiger partial charge in [-0.25, -0.2) is 0 Å². The first kappa shape index (κ1) is 52.6. The minimum absolute atomic E-state index is 1.10. The van der Waals surface area contributed by atoms with E-state index in [4.69, 9.17) is 0 Å². The van der Waals surface area contributed by atoms with Gasteiger partial charge in [0.05, 0.1) is 82.8 Å². The van der Waals surface area contributed by atoms with Gasteiger partial charge in [0.15, 0.2) is 0 Å². The van der Waals surface area contributed by atoms with Crippen molar-refractivity contribution in [3.05, 3.63) is 268 Å². The summed E-state index contributed by atoms with van der Waals surface area (Å²) in [5.41, 5.74) is 32.1. The van der Waals surface area contributed by atoms with Crippen LogP contribution in [0.5, 0.6) is 0 Å². The highest BCUT2D eigenvalue weighted by atomic mass is 31.1. The highest BCUT2D eigenvalue weighted by Gasteiger charge is 2.28. The lowest BCUT2D eigenvalue weighted by atomic mass is 9.95. The summed E-state index contributed by atoms with van der Waals surface area (Å²) in [5.74, 6) is 0. The van der Waals surface area contributed by atoms with Crippen molar-refractivity contribution in [1.29, 1.82) is 0 Å². The Hall–Kier alpha value is -11.0. The molecule has 6 heterocycles. The Labute approximate surface area is 541 Å². The van der Waals surface area contributed by atoms with E-state index in [0.29, 0.717) is 0 Å². The summed E-state index contributed by atoms with van der Waals surface area (Å²) in [4.78, 5) is 0. The zero-order valence-electron chi connectivity index (χ0n) is 53.9. The molecule has 0 radical (unpaired) electrons. The van der Waals surface area contributed by atoms with E-state index < -0.39 is 7.34 Å². The molecule has 12 bridgehead atoms. The molecule has 15 aromatic carbocycles. The molecular formula is C87H63N6P. The first-order valence-corrected chi connectivity index (χ1v) is 34.4. The van der Waals surface area contributed by atoms with Crippen molar-refractivity contribution in [2.45, 2.75) is 62.3 Å². The molecule has 0 atom stereocenters. The van der Waals surface area contributed by atoms with Crippen molar-refractivity contribution in [3.63, 3.8) is 0 Å². The van der Waals surface area contributed by atoms with Crippen molar-refractivity contribution < 1.29 is 0 Å². The summed E-state index contributed by atoms with van der Waals surface area (Å²) in [6.07, 6.45) is 0. The Balaban J connectivity index is 1.18. The molecular weight excluding hydrogens is 1160 g/mol. The van der Waals surface area contributed by atoms with Crippen LogP contribution in [0.1, 0.15) is 50.1 Å². The molecule has 0 aliphatic carbocycles. The van der Waals surface area contributed by atoms with Crippen molar-refractivity contribution in [3.8, 4) is 17.1 Å². The van der Waals surface area contributed by atoms with Gasteiger partial charge >= 0.3 is 0 Å². The molecule has 6 nitrogen and oxygen atoms in total. The zero-order chi connectivity index (χ0) is 62.7. The fourth-order valence-electron chi connectivity index (χ4n) is 17.2. The first-order valence-electron chi connectivity index (χ1n) is 33.1. The maximum Gasteiger partial charge on any atom is 0.0620 e. The number of aryl methyl sites for hydroxylation is 9. The van der Waals surface area contributed by atoms with Crippen LogP contribution in [0.3, 0.4) is 0 Å². The van der Waals surface area contributed by atoms with Crippen LogP contribution in [0.15, 0.2) is 218 Å². The van der Waals surface area contributed by atoms with Gasteiger partial charge in [0.1, 0.15) is 0 Å². The second-order valence-corrected chi connectivity index (χ2v) is 29.6. The highest BCUT2D eigenvalue weighted by molar-refractivity contribution is 7.63. The summed E-state index contributed by atoms with van der Waals surface area (Å²) < 4.78 is 15.9. The molecule has 0 saturated carbocycles. The molecule has 0 amide bonds. The van der Waals surface area contributed by atoms with Crippen LogP contribution in [-0.2, 0) is 0 Å². The monoisotopic (exact) mass is 1220 g/mol. The molecule has 21 aromatic rings. The third-order valence-electron chi connectivity index (χ3n) is 22.0. The maximum absolute atomic E-state index is 2.73. The normalized spacial score (nSPS) is 12.7. The van der Waals surface area contributed by atoms with Gasteiger partial charge in [-0.3, -0.25) is 0 Å². The second-order valence-electron chi connectivity index (χ2n) is 27.6. The summed E-state index contributed by atoms with van der Waals surface area (Å²) >= 11 is 0. The predicted molar refractivity (Wildman–Crippen MR) is 403 cm³/mol. The fourth-order valence-corrected chi connectivity index (χ4v) is 20.3. The van der Waals surface area contributed by atoms with Gasteiger partial charge in [-0.2, -0.15) is 0 Å². The van der Waals surface area contributed by atoms with E-state index in [1.54, 1.807) is 0 Å². The molecule has 94 heavy (non-hydrogen) atoms. The SMILES string of the molecule is Cc1ccc(-n2c3cc4c5c(c3)n3c6ccc(C)c7cc8c(C)ccc(c8cc76)n(-c6ccc(C)cc6)c6cc3c3c(c6)n6c7ccc(C)c8cc9c(C)ccc(c9cc87)n(-c7ccc(C)cc7)c7cc6c(c(c7)n4c4ccc(C)c6cc7c(C)ccc2c7cc64)p53)cc1. The fraction of sp³-hybridized carbons (Fsp3) is 0.103. The minimum Gasteiger partial charge on any atom is -0.310 e. The molecule has 0 aliphatic heterocycles. The van der Waals surface area contributed by atoms with Gasteiger partial charge in [-0.15, -0.1) is 0 Å². The smallest absolute Gasteiger partial charge is 0.0620 e. The molecule has 0 N–H and O–H groups in total. The third-order valence-corrected chi connectivity index (χ3v) is 24.7. The number of aromatic nitrogens is 6. The van der Waals surface area contributed by atoms with E-state index in [1.807, 2.05) is 0 Å². The summed E-state index contributed by atoms with van der Waals surface area (Å²) in [7, 11) is -1.32. The van der Waals surface area contributed by atoms with E-state index in [2.05, 4.69) is 308 Å². The zero-order valence-corrected chi connectivity index (χ0v) is 54.8. The topological polar surface area (TPSA) is 28.0 Å². The van der Waals surface area contributed by atoms with Crippen LogP contribution in [-0.4, -0.2) is 26.9 Å². The molecule has 0 saturated heterocycles. The van der Waals surface area contributed by atoms with Crippen molar-refractivity contribution in [1.82, 2.24) is 26.9 Å². The Morgan fingerprint density at radius 3 is 0.628 bits per heavy atom. The maximum atomic E-state index is 2.73. The van der Waals surface area contributed by atoms with E-state index >= 15 is 0 Å². The number of fused-ring (bicyclic) bond motifs is 9. The largest absolute Gasteiger partial charge is 0.310 e. The van der Waals surface area contributed by atoms with Gasteiger partial charge in [0.25, 0.3) is 0 Å². The molecule has 21 rings (SSSR count). The van der Waals surface area contributed by atoms with Crippen LogP contribution in [0.4, 0.5) is 0 Å². The average Bonchev–Trinajstić information content (AvgIpc) is 0.665. The molecule has 446 valence electrons. The highest BCUT2D eigenvalue weighted by Crippen LogP contribution is 2.57. The molecule has 0 aliphatic rings. The van der Waals surface area contributed by atoms with Crippen LogP contribution >= 0.6 is 7.34 Å². The molecule has 0 fully saturated rings. The van der Waals surface area contributed by atoms with Gasteiger partial charge < -0.3 is 26.9 Å². The summed E-state index contributed by atoms with van der Waals surface area (Å²) in [6, 6.07) is 87.0. The third kappa shape index (κ3) is 6.75. The standard InChI is InChI=1S/C87H63N6P/c1-46-10-22-55(23-11-46)88-58-34-79-85-82(37-58)92-77-32-20-53(8)65-41-62-50(5)17-29-74(68(62)44-71(65)77)89(56-24-12-47(2)13-25-56)59-35-80(92)86-84(39-59)93-78-33-21-54(9)66-42-63-51(6)18-30-75(69(63)45-72(66)78)90(57-26-14-48(3)15-27-57)60-36-81(93)87(94(85)86)83(38-60)91(79)76-31-19-52(7)64-40-61-49(4)16-28-73(88)67(61)43-70(64)76/h10-45H,1-9H3.